The van der Waals surface area contributed by atoms with Crippen molar-refractivity contribution < 1.29 is 29.0 Å². The molecular formula is C26H21Cl2N3O8. The number of nitrogens with one attached hydrogen (secondary N) is 1. The van der Waals surface area contributed by atoms with E-state index in [4.69, 9.17) is 37.4 Å². The highest BCUT2D eigenvalue weighted by molar-refractivity contribution is 6.37. The van der Waals surface area contributed by atoms with Gasteiger partial charge in [-0.05, 0) is 48.5 Å². The van der Waals surface area contributed by atoms with Gasteiger partial charge < -0.3 is 19.4 Å². The number of esters is 2. The summed E-state index contributed by atoms with van der Waals surface area (Å²) >= 11 is 12.1. The average Bonchev–Trinajstić information content (AvgIpc) is 3.37. The van der Waals surface area contributed by atoms with Crippen molar-refractivity contribution in [3.05, 3.63) is 109 Å². The number of benzene rings is 2. The lowest BCUT2D eigenvalue weighted by atomic mass is 10.0. The number of halogens is 2. The first-order chi connectivity index (χ1) is 18.7. The van der Waals surface area contributed by atoms with Crippen LogP contribution in [0, 0.1) is 0 Å². The number of nitrogens with zero attached hydrogens (tertiary/aromatic N) is 2. The Morgan fingerprint density at radius 2 is 1.77 bits per heavy atom. The molecule has 11 nitrogen and oxygen atoms in total. The average molecular weight is 574 g/mol. The van der Waals surface area contributed by atoms with Crippen LogP contribution in [0.25, 0.3) is 0 Å². The maximum Gasteiger partial charge on any atom is 0.330 e. The van der Waals surface area contributed by atoms with Crippen LogP contribution in [0.5, 0.6) is 5.75 Å². The summed E-state index contributed by atoms with van der Waals surface area (Å²) in [6, 6.07) is 12.1. The summed E-state index contributed by atoms with van der Waals surface area (Å²) < 4.78 is 17.2. The molecule has 39 heavy (non-hydrogen) atoms. The van der Waals surface area contributed by atoms with E-state index in [1.807, 2.05) is 0 Å². The van der Waals surface area contributed by atoms with Gasteiger partial charge in [0.15, 0.2) is 6.23 Å². The van der Waals surface area contributed by atoms with E-state index in [1.165, 1.54) is 35.0 Å². The van der Waals surface area contributed by atoms with Crippen molar-refractivity contribution in [1.29, 1.82) is 0 Å². The van der Waals surface area contributed by atoms with Gasteiger partial charge in [-0.2, -0.15) is 0 Å². The van der Waals surface area contributed by atoms with E-state index in [9.17, 15) is 24.4 Å². The van der Waals surface area contributed by atoms with Crippen molar-refractivity contribution in [3.8, 4) is 5.75 Å². The van der Waals surface area contributed by atoms with Crippen LogP contribution in [0.1, 0.15) is 30.2 Å². The third kappa shape index (κ3) is 7.23. The Balaban J connectivity index is 1.22. The zero-order valence-electron chi connectivity index (χ0n) is 20.1. The SMILES string of the molecule is O=C(CCC(=O)Oc1ccc(/C(=N/O)c2ccc(Cl)cc2Cl)cc1)OCC1C=CC(n2ccc(=O)[nH]c2=O)O1. The van der Waals surface area contributed by atoms with Gasteiger partial charge in [0, 0.05) is 28.4 Å². The number of rotatable bonds is 9. The molecule has 2 heterocycles. The second kappa shape index (κ2) is 12.6. The summed E-state index contributed by atoms with van der Waals surface area (Å²) in [7, 11) is 0. The van der Waals surface area contributed by atoms with Crippen LogP contribution in [0.15, 0.2) is 81.6 Å². The van der Waals surface area contributed by atoms with Gasteiger partial charge in [0.05, 0.1) is 17.9 Å². The molecule has 0 bridgehead atoms. The number of hydrogen-bond donors (Lipinski definition) is 2. The van der Waals surface area contributed by atoms with Gasteiger partial charge in [0.1, 0.15) is 24.2 Å². The summed E-state index contributed by atoms with van der Waals surface area (Å²) in [4.78, 5) is 49.4. The van der Waals surface area contributed by atoms with Crippen molar-refractivity contribution in [1.82, 2.24) is 9.55 Å². The summed E-state index contributed by atoms with van der Waals surface area (Å²) in [6.07, 6.45) is 2.74. The number of carbonyl (C=O) groups is 2. The monoisotopic (exact) mass is 573 g/mol. The van der Waals surface area contributed by atoms with E-state index < -0.39 is 35.5 Å². The normalized spacial score (nSPS) is 16.7. The lowest BCUT2D eigenvalue weighted by molar-refractivity contribution is -0.150. The van der Waals surface area contributed by atoms with Gasteiger partial charge in [-0.1, -0.05) is 34.4 Å². The van der Waals surface area contributed by atoms with Crippen molar-refractivity contribution in [3.63, 3.8) is 0 Å². The summed E-state index contributed by atoms with van der Waals surface area (Å²) in [5.74, 6) is -1.05. The molecule has 1 aromatic heterocycles. The van der Waals surface area contributed by atoms with Crippen molar-refractivity contribution in [2.45, 2.75) is 25.2 Å². The Labute approximate surface area is 230 Å². The number of aromatic amines is 1. The van der Waals surface area contributed by atoms with Crippen LogP contribution in [0.3, 0.4) is 0 Å². The van der Waals surface area contributed by atoms with Gasteiger partial charge in [0.2, 0.25) is 0 Å². The molecule has 1 aliphatic heterocycles. The Morgan fingerprint density at radius 1 is 1.03 bits per heavy atom. The molecule has 1 aliphatic rings. The highest BCUT2D eigenvalue weighted by Gasteiger charge is 2.23. The first kappa shape index (κ1) is 27.8. The van der Waals surface area contributed by atoms with Crippen LogP contribution in [-0.4, -0.2) is 45.1 Å². The van der Waals surface area contributed by atoms with Gasteiger partial charge in [-0.15, -0.1) is 0 Å². The third-order valence-electron chi connectivity index (χ3n) is 5.52. The van der Waals surface area contributed by atoms with Crippen LogP contribution in [0.2, 0.25) is 10.0 Å². The molecule has 4 rings (SSSR count). The Morgan fingerprint density at radius 3 is 2.46 bits per heavy atom. The molecule has 0 saturated carbocycles. The van der Waals surface area contributed by atoms with Crippen LogP contribution in [-0.2, 0) is 19.1 Å². The fourth-order valence-corrected chi connectivity index (χ4v) is 4.13. The molecule has 0 fully saturated rings. The van der Waals surface area contributed by atoms with Gasteiger partial charge in [-0.25, -0.2) is 4.79 Å². The fraction of sp³-hybridized carbons (Fsp3) is 0.192. The van der Waals surface area contributed by atoms with Crippen LogP contribution >= 0.6 is 23.2 Å². The smallest absolute Gasteiger partial charge is 0.330 e. The van der Waals surface area contributed by atoms with E-state index in [1.54, 1.807) is 36.4 Å². The molecular weight excluding hydrogens is 553 g/mol. The second-order valence-corrected chi connectivity index (χ2v) is 9.07. The number of carbonyl (C=O) groups excluding carboxylic acids is 2. The quantitative estimate of drug-likeness (QED) is 0.0986. The standard InChI is InChI=1S/C26H21Cl2N3O8/c27-16-3-7-19(20(28)13-16)25(30-36)15-1-4-17(5-2-15)39-24(34)10-9-23(33)37-14-18-6-8-22(38-18)31-12-11-21(32)29-26(31)35/h1-8,11-13,18,22,36H,9-10,14H2,(H,29,32,35)/b30-25-. The molecule has 0 saturated heterocycles. The van der Waals surface area contributed by atoms with Crippen LogP contribution in [0.4, 0.5) is 0 Å². The second-order valence-electron chi connectivity index (χ2n) is 8.22. The molecule has 0 aliphatic carbocycles. The highest BCUT2D eigenvalue weighted by Crippen LogP contribution is 2.25. The van der Waals surface area contributed by atoms with E-state index in [0.717, 1.165) is 0 Å². The Kier molecular flexibility index (Phi) is 8.97. The topological polar surface area (TPSA) is 149 Å². The van der Waals surface area contributed by atoms with Crippen molar-refractivity contribution in [2.24, 2.45) is 5.16 Å². The predicted octanol–water partition coefficient (Wildman–Crippen LogP) is 3.45. The van der Waals surface area contributed by atoms with E-state index in [0.29, 0.717) is 21.2 Å². The maximum atomic E-state index is 12.2. The fourth-order valence-electron chi connectivity index (χ4n) is 3.63. The molecule has 0 radical (unpaired) electrons. The minimum absolute atomic E-state index is 0.118. The molecule has 2 unspecified atom stereocenters. The zero-order chi connectivity index (χ0) is 27.9. The Hall–Kier alpha value is -4.19. The summed E-state index contributed by atoms with van der Waals surface area (Å²) in [5, 5.41) is 13.6. The number of aromatic nitrogens is 2. The number of ether oxygens (including phenoxy) is 3. The van der Waals surface area contributed by atoms with Gasteiger partial charge >= 0.3 is 17.6 Å². The molecule has 0 spiro atoms. The van der Waals surface area contributed by atoms with E-state index in [2.05, 4.69) is 10.1 Å². The first-order valence-corrected chi connectivity index (χ1v) is 12.3. The highest BCUT2D eigenvalue weighted by atomic mass is 35.5. The minimum atomic E-state index is -0.748. The molecule has 13 heteroatoms. The van der Waals surface area contributed by atoms with Gasteiger partial charge in [-0.3, -0.25) is 23.9 Å². The van der Waals surface area contributed by atoms with Gasteiger partial charge in [0.25, 0.3) is 5.56 Å². The lowest BCUT2D eigenvalue weighted by Gasteiger charge is -2.15. The van der Waals surface area contributed by atoms with Crippen LogP contribution < -0.4 is 16.0 Å². The number of hydrogen-bond acceptors (Lipinski definition) is 9. The molecule has 0 amide bonds. The van der Waals surface area contributed by atoms with Crippen molar-refractivity contribution >= 4 is 40.9 Å². The minimum Gasteiger partial charge on any atom is -0.463 e. The third-order valence-corrected chi connectivity index (χ3v) is 6.07. The summed E-state index contributed by atoms with van der Waals surface area (Å²) in [5.41, 5.74) is 0.0301. The van der Waals surface area contributed by atoms with E-state index >= 15 is 0 Å². The Bertz CT molecular complexity index is 1550. The molecule has 2 aromatic carbocycles. The lowest BCUT2D eigenvalue weighted by Crippen LogP contribution is -2.32. The number of oxime groups is 1. The maximum absolute atomic E-state index is 12.2. The predicted molar refractivity (Wildman–Crippen MR) is 141 cm³/mol. The summed E-state index contributed by atoms with van der Waals surface area (Å²) in [6.45, 7) is -0.118. The molecule has 202 valence electrons. The number of H-pyrrole nitrogens is 1. The molecule has 2 atom stereocenters. The zero-order valence-corrected chi connectivity index (χ0v) is 21.6. The van der Waals surface area contributed by atoms with Crippen molar-refractivity contribution in [2.75, 3.05) is 6.61 Å². The molecule has 2 N–H and O–H groups in total. The molecule has 3 aromatic rings. The largest absolute Gasteiger partial charge is 0.463 e. The first-order valence-electron chi connectivity index (χ1n) is 11.5. The van der Waals surface area contributed by atoms with E-state index in [-0.39, 0.29) is 30.9 Å².